The second-order valence-corrected chi connectivity index (χ2v) is 5.51. The van der Waals surface area contributed by atoms with E-state index >= 15 is 0 Å². The highest BCUT2D eigenvalue weighted by molar-refractivity contribution is 5.01. The van der Waals surface area contributed by atoms with Crippen LogP contribution in [0.1, 0.15) is 57.7 Å². The molecule has 1 aromatic heterocycles. The Morgan fingerprint density at radius 1 is 1.33 bits per heavy atom. The zero-order chi connectivity index (χ0) is 12.8. The predicted octanol–water partition coefficient (Wildman–Crippen LogP) is 3.18. The number of nitrogens with one attached hydrogen (secondary N) is 1. The zero-order valence-corrected chi connectivity index (χ0v) is 11.9. The average Bonchev–Trinajstić information content (AvgIpc) is 2.68. The molecule has 1 aliphatic heterocycles. The molecule has 102 valence electrons. The minimum Gasteiger partial charge on any atom is -0.317 e. The number of rotatable bonds is 5. The Kier molecular flexibility index (Phi) is 5.24. The minimum absolute atomic E-state index is 0.578. The number of nitrogens with zero attached hydrogens (tertiary/aromatic N) is 2. The summed E-state index contributed by atoms with van der Waals surface area (Å²) >= 11 is 0. The van der Waals surface area contributed by atoms with Gasteiger partial charge in [0.15, 0.2) is 0 Å². The first-order chi connectivity index (χ1) is 8.83. The van der Waals surface area contributed by atoms with Gasteiger partial charge < -0.3 is 5.32 Å². The van der Waals surface area contributed by atoms with E-state index in [1.165, 1.54) is 50.9 Å². The molecule has 2 rings (SSSR count). The highest BCUT2D eigenvalue weighted by Gasteiger charge is 2.15. The lowest BCUT2D eigenvalue weighted by molar-refractivity contribution is 0.416. The molecule has 0 saturated carbocycles. The van der Waals surface area contributed by atoms with Crippen LogP contribution in [0, 0.1) is 5.92 Å². The SMILES string of the molecule is CCC(CC)n1ccc(CC2CCCNCC2)n1. The minimum atomic E-state index is 0.578. The van der Waals surface area contributed by atoms with Gasteiger partial charge in [-0.25, -0.2) is 0 Å². The van der Waals surface area contributed by atoms with Gasteiger partial charge in [0, 0.05) is 6.20 Å². The lowest BCUT2D eigenvalue weighted by Gasteiger charge is -2.14. The van der Waals surface area contributed by atoms with Crippen LogP contribution in [-0.4, -0.2) is 22.9 Å². The van der Waals surface area contributed by atoms with E-state index in [-0.39, 0.29) is 0 Å². The number of hydrogen-bond acceptors (Lipinski definition) is 2. The standard InChI is InChI=1S/C15H27N3/c1-3-15(4-2)18-11-8-14(17-18)12-13-6-5-9-16-10-7-13/h8,11,13,15-16H,3-7,9-10,12H2,1-2H3. The van der Waals surface area contributed by atoms with Gasteiger partial charge in [-0.15, -0.1) is 0 Å². The van der Waals surface area contributed by atoms with Gasteiger partial charge >= 0.3 is 0 Å². The normalized spacial score (nSPS) is 21.2. The number of aromatic nitrogens is 2. The fourth-order valence-electron chi connectivity index (χ4n) is 2.94. The first-order valence-corrected chi connectivity index (χ1v) is 7.58. The predicted molar refractivity (Wildman–Crippen MR) is 75.8 cm³/mol. The average molecular weight is 249 g/mol. The van der Waals surface area contributed by atoms with Crippen LogP contribution in [0.3, 0.4) is 0 Å². The van der Waals surface area contributed by atoms with E-state index in [9.17, 15) is 0 Å². The monoisotopic (exact) mass is 249 g/mol. The largest absolute Gasteiger partial charge is 0.317 e. The Hall–Kier alpha value is -0.830. The molecule has 1 N–H and O–H groups in total. The van der Waals surface area contributed by atoms with Crippen molar-refractivity contribution >= 4 is 0 Å². The van der Waals surface area contributed by atoms with Crippen LogP contribution in [0.15, 0.2) is 12.3 Å². The van der Waals surface area contributed by atoms with Crippen molar-refractivity contribution in [2.75, 3.05) is 13.1 Å². The van der Waals surface area contributed by atoms with E-state index in [1.807, 2.05) is 0 Å². The molecule has 1 saturated heterocycles. The van der Waals surface area contributed by atoms with Crippen LogP contribution in [0.2, 0.25) is 0 Å². The molecule has 1 aromatic rings. The van der Waals surface area contributed by atoms with Crippen molar-refractivity contribution in [2.24, 2.45) is 5.92 Å². The summed E-state index contributed by atoms with van der Waals surface area (Å²) in [5, 5.41) is 8.25. The van der Waals surface area contributed by atoms with E-state index in [2.05, 4.69) is 36.1 Å². The lowest BCUT2D eigenvalue weighted by Crippen LogP contribution is -2.14. The summed E-state index contributed by atoms with van der Waals surface area (Å²) in [5.41, 5.74) is 1.29. The molecule has 0 aromatic carbocycles. The van der Waals surface area contributed by atoms with Gasteiger partial charge in [-0.05, 0) is 63.6 Å². The van der Waals surface area contributed by atoms with Crippen LogP contribution >= 0.6 is 0 Å². The van der Waals surface area contributed by atoms with Crippen molar-refractivity contribution < 1.29 is 0 Å². The summed E-state index contributed by atoms with van der Waals surface area (Å²) in [6.07, 6.45) is 9.65. The van der Waals surface area contributed by atoms with E-state index in [0.717, 1.165) is 12.3 Å². The van der Waals surface area contributed by atoms with Gasteiger partial charge in [-0.2, -0.15) is 5.10 Å². The Labute approximate surface area is 111 Å². The van der Waals surface area contributed by atoms with Crippen molar-refractivity contribution in [1.82, 2.24) is 15.1 Å². The molecule has 3 heteroatoms. The molecule has 1 fully saturated rings. The third kappa shape index (κ3) is 3.58. The third-order valence-electron chi connectivity index (χ3n) is 4.17. The first-order valence-electron chi connectivity index (χ1n) is 7.58. The zero-order valence-electron chi connectivity index (χ0n) is 11.9. The molecule has 2 heterocycles. The second kappa shape index (κ2) is 6.93. The van der Waals surface area contributed by atoms with Gasteiger partial charge in [-0.3, -0.25) is 4.68 Å². The summed E-state index contributed by atoms with van der Waals surface area (Å²) in [6, 6.07) is 2.80. The van der Waals surface area contributed by atoms with Crippen molar-refractivity contribution in [3.05, 3.63) is 18.0 Å². The van der Waals surface area contributed by atoms with Crippen molar-refractivity contribution in [3.8, 4) is 0 Å². The van der Waals surface area contributed by atoms with Crippen molar-refractivity contribution in [2.45, 2.75) is 58.4 Å². The molecule has 0 amide bonds. The van der Waals surface area contributed by atoms with E-state index in [1.54, 1.807) is 0 Å². The molecule has 0 spiro atoms. The fraction of sp³-hybridized carbons (Fsp3) is 0.800. The van der Waals surface area contributed by atoms with Crippen molar-refractivity contribution in [3.63, 3.8) is 0 Å². The quantitative estimate of drug-likeness (QED) is 0.868. The van der Waals surface area contributed by atoms with Gasteiger partial charge in [0.2, 0.25) is 0 Å². The Morgan fingerprint density at radius 3 is 2.94 bits per heavy atom. The molecule has 0 aliphatic carbocycles. The summed E-state index contributed by atoms with van der Waals surface area (Å²) in [7, 11) is 0. The van der Waals surface area contributed by atoms with E-state index in [0.29, 0.717) is 6.04 Å². The summed E-state index contributed by atoms with van der Waals surface area (Å²) in [4.78, 5) is 0. The maximum atomic E-state index is 4.77. The van der Waals surface area contributed by atoms with Crippen LogP contribution < -0.4 is 5.32 Å². The topological polar surface area (TPSA) is 29.9 Å². The fourth-order valence-corrected chi connectivity index (χ4v) is 2.94. The smallest absolute Gasteiger partial charge is 0.0627 e. The Bertz CT molecular complexity index is 333. The van der Waals surface area contributed by atoms with Gasteiger partial charge in [0.25, 0.3) is 0 Å². The summed E-state index contributed by atoms with van der Waals surface area (Å²) in [6.45, 7) is 6.86. The molecule has 1 atom stereocenters. The second-order valence-electron chi connectivity index (χ2n) is 5.51. The van der Waals surface area contributed by atoms with Crippen molar-refractivity contribution in [1.29, 1.82) is 0 Å². The van der Waals surface area contributed by atoms with Crippen LogP contribution in [-0.2, 0) is 6.42 Å². The lowest BCUT2D eigenvalue weighted by atomic mass is 9.95. The van der Waals surface area contributed by atoms with Crippen LogP contribution in [0.4, 0.5) is 0 Å². The van der Waals surface area contributed by atoms with Crippen LogP contribution in [0.5, 0.6) is 0 Å². The molecule has 3 nitrogen and oxygen atoms in total. The number of hydrogen-bond donors (Lipinski definition) is 1. The Balaban J connectivity index is 1.92. The summed E-state index contributed by atoms with van der Waals surface area (Å²) < 4.78 is 2.17. The van der Waals surface area contributed by atoms with Gasteiger partial charge in [0.1, 0.15) is 0 Å². The Morgan fingerprint density at radius 2 is 2.17 bits per heavy atom. The van der Waals surface area contributed by atoms with Crippen LogP contribution in [0.25, 0.3) is 0 Å². The third-order valence-corrected chi connectivity index (χ3v) is 4.17. The van der Waals surface area contributed by atoms with E-state index < -0.39 is 0 Å². The first kappa shape index (κ1) is 13.6. The maximum Gasteiger partial charge on any atom is 0.0627 e. The molecule has 0 radical (unpaired) electrons. The van der Waals surface area contributed by atoms with Gasteiger partial charge in [-0.1, -0.05) is 13.8 Å². The summed E-state index contributed by atoms with van der Waals surface area (Å²) in [5.74, 6) is 0.824. The van der Waals surface area contributed by atoms with Gasteiger partial charge in [0.05, 0.1) is 11.7 Å². The molecule has 18 heavy (non-hydrogen) atoms. The molecule has 0 bridgehead atoms. The highest BCUT2D eigenvalue weighted by atomic mass is 15.3. The molecular weight excluding hydrogens is 222 g/mol. The molecule has 1 aliphatic rings. The molecular formula is C15H27N3. The highest BCUT2D eigenvalue weighted by Crippen LogP contribution is 2.20. The molecule has 1 unspecified atom stereocenters. The maximum absolute atomic E-state index is 4.77. The van der Waals surface area contributed by atoms with E-state index in [4.69, 9.17) is 5.10 Å².